The molecule has 4 rings (SSSR count). The Morgan fingerprint density at radius 3 is 2.79 bits per heavy atom. The van der Waals surface area contributed by atoms with Crippen molar-refractivity contribution in [3.8, 4) is 11.5 Å². The Bertz CT molecular complexity index is 1070. The Kier molecular flexibility index (Phi) is 5.16. The summed E-state index contributed by atoms with van der Waals surface area (Å²) < 4.78 is 7.09. The third-order valence-corrected chi connectivity index (χ3v) is 4.36. The van der Waals surface area contributed by atoms with Crippen molar-refractivity contribution in [2.45, 2.75) is 13.1 Å². The van der Waals surface area contributed by atoms with Crippen molar-refractivity contribution < 1.29 is 9.32 Å². The van der Waals surface area contributed by atoms with Crippen LogP contribution < -0.4 is 5.32 Å². The highest BCUT2D eigenvalue weighted by Gasteiger charge is 2.14. The largest absolute Gasteiger partial charge is 0.347 e. The van der Waals surface area contributed by atoms with Gasteiger partial charge in [-0.1, -0.05) is 22.8 Å². The molecule has 3 aromatic heterocycles. The highest BCUT2D eigenvalue weighted by Crippen LogP contribution is 2.20. The number of rotatable bonds is 6. The summed E-state index contributed by atoms with van der Waals surface area (Å²) in [7, 11) is 0. The highest BCUT2D eigenvalue weighted by atomic mass is 35.5. The molecule has 0 saturated heterocycles. The van der Waals surface area contributed by atoms with Crippen molar-refractivity contribution in [3.05, 3.63) is 89.2 Å². The third-order valence-electron chi connectivity index (χ3n) is 4.11. The van der Waals surface area contributed by atoms with Gasteiger partial charge in [0.2, 0.25) is 0 Å². The van der Waals surface area contributed by atoms with E-state index in [9.17, 15) is 4.79 Å². The number of halogens is 1. The van der Waals surface area contributed by atoms with Gasteiger partial charge in [-0.3, -0.25) is 9.78 Å². The fraction of sp³-hybridized carbons (Fsp3) is 0.100. The molecule has 140 valence electrons. The van der Waals surface area contributed by atoms with E-state index in [2.05, 4.69) is 20.4 Å². The van der Waals surface area contributed by atoms with Crippen molar-refractivity contribution >= 4 is 17.5 Å². The minimum Gasteiger partial charge on any atom is -0.347 e. The molecule has 0 aliphatic carbocycles. The number of pyridine rings is 1. The minimum absolute atomic E-state index is 0.185. The Morgan fingerprint density at radius 2 is 2.00 bits per heavy atom. The van der Waals surface area contributed by atoms with Crippen LogP contribution in [0.3, 0.4) is 0 Å². The summed E-state index contributed by atoms with van der Waals surface area (Å²) in [5.41, 5.74) is 2.23. The van der Waals surface area contributed by atoms with E-state index in [0.29, 0.717) is 35.5 Å². The van der Waals surface area contributed by atoms with Gasteiger partial charge in [-0.05, 0) is 48.0 Å². The number of carbonyl (C=O) groups excluding carboxylic acids is 1. The molecule has 4 aromatic rings. The maximum absolute atomic E-state index is 12.5. The van der Waals surface area contributed by atoms with Crippen molar-refractivity contribution in [2.24, 2.45) is 0 Å². The summed E-state index contributed by atoms with van der Waals surface area (Å²) in [6, 6.07) is 14.4. The van der Waals surface area contributed by atoms with Crippen LogP contribution in [0.2, 0.25) is 5.02 Å². The third kappa shape index (κ3) is 4.10. The van der Waals surface area contributed by atoms with Gasteiger partial charge in [-0.2, -0.15) is 4.98 Å². The molecule has 28 heavy (non-hydrogen) atoms. The first-order valence-electron chi connectivity index (χ1n) is 8.60. The van der Waals surface area contributed by atoms with Crippen LogP contribution in [0.25, 0.3) is 11.5 Å². The van der Waals surface area contributed by atoms with Gasteiger partial charge in [0.15, 0.2) is 5.82 Å². The number of amides is 1. The van der Waals surface area contributed by atoms with Crippen LogP contribution in [0, 0.1) is 0 Å². The quantitative estimate of drug-likeness (QED) is 0.541. The molecule has 0 unspecified atom stereocenters. The summed E-state index contributed by atoms with van der Waals surface area (Å²) in [6.07, 6.45) is 5.22. The van der Waals surface area contributed by atoms with Gasteiger partial charge in [0.05, 0.1) is 6.54 Å². The average molecular weight is 394 g/mol. The molecule has 3 heterocycles. The Labute approximate surface area is 166 Å². The Balaban J connectivity index is 1.44. The maximum Gasteiger partial charge on any atom is 0.268 e. The lowest BCUT2D eigenvalue weighted by Gasteiger charge is -2.08. The van der Waals surface area contributed by atoms with E-state index in [1.807, 2.05) is 24.3 Å². The van der Waals surface area contributed by atoms with E-state index >= 15 is 0 Å². The van der Waals surface area contributed by atoms with Crippen molar-refractivity contribution in [1.29, 1.82) is 0 Å². The molecule has 0 atom stereocenters. The number of hydrogen-bond donors (Lipinski definition) is 1. The number of hydrogen-bond acceptors (Lipinski definition) is 5. The first-order chi connectivity index (χ1) is 13.7. The zero-order valence-electron chi connectivity index (χ0n) is 14.7. The molecule has 0 aliphatic heterocycles. The molecule has 8 heteroatoms. The van der Waals surface area contributed by atoms with Crippen LogP contribution in [0.15, 0.2) is 71.6 Å². The summed E-state index contributed by atoms with van der Waals surface area (Å²) in [5.74, 6) is 0.694. The molecular weight excluding hydrogens is 378 g/mol. The van der Waals surface area contributed by atoms with Gasteiger partial charge in [0, 0.05) is 35.7 Å². The zero-order chi connectivity index (χ0) is 19.3. The van der Waals surface area contributed by atoms with Crippen LogP contribution in [0.1, 0.15) is 21.9 Å². The lowest BCUT2D eigenvalue weighted by molar-refractivity contribution is 0.0942. The molecule has 0 radical (unpaired) electrons. The number of benzene rings is 1. The standard InChI is InChI=1S/C20H16ClN5O2/c21-16-7-5-15(6-8-16)20-24-18(25-28-20)13-26-10-2-4-17(26)19(27)23-12-14-3-1-9-22-11-14/h1-11H,12-13H2,(H,23,27). The smallest absolute Gasteiger partial charge is 0.268 e. The summed E-state index contributed by atoms with van der Waals surface area (Å²) in [4.78, 5) is 21.0. The number of nitrogens with zero attached hydrogens (tertiary/aromatic N) is 4. The van der Waals surface area contributed by atoms with Crippen molar-refractivity contribution in [3.63, 3.8) is 0 Å². The minimum atomic E-state index is -0.185. The second kappa shape index (κ2) is 8.06. The predicted molar refractivity (Wildman–Crippen MR) is 104 cm³/mol. The fourth-order valence-electron chi connectivity index (χ4n) is 2.71. The summed E-state index contributed by atoms with van der Waals surface area (Å²) in [5, 5.41) is 7.53. The molecule has 7 nitrogen and oxygen atoms in total. The van der Waals surface area contributed by atoms with Crippen LogP contribution in [-0.4, -0.2) is 25.6 Å². The van der Waals surface area contributed by atoms with Crippen LogP contribution in [0.5, 0.6) is 0 Å². The molecule has 0 fully saturated rings. The van der Waals surface area contributed by atoms with Gasteiger partial charge in [-0.25, -0.2) is 0 Å². The second-order valence-corrected chi connectivity index (χ2v) is 6.52. The van der Waals surface area contributed by atoms with E-state index in [4.69, 9.17) is 16.1 Å². The Hall–Kier alpha value is -3.45. The summed E-state index contributed by atoms with van der Waals surface area (Å²) >= 11 is 5.90. The fourth-order valence-corrected chi connectivity index (χ4v) is 2.84. The molecule has 0 aliphatic rings. The topological polar surface area (TPSA) is 85.8 Å². The Morgan fingerprint density at radius 1 is 1.14 bits per heavy atom. The van der Waals surface area contributed by atoms with Crippen LogP contribution >= 0.6 is 11.6 Å². The highest BCUT2D eigenvalue weighted by molar-refractivity contribution is 6.30. The van der Waals surface area contributed by atoms with E-state index < -0.39 is 0 Å². The van der Waals surface area contributed by atoms with Crippen LogP contribution in [-0.2, 0) is 13.1 Å². The molecular formula is C20H16ClN5O2. The normalized spacial score (nSPS) is 10.8. The van der Waals surface area contributed by atoms with E-state index in [1.165, 1.54) is 0 Å². The molecule has 1 N–H and O–H groups in total. The van der Waals surface area contributed by atoms with E-state index in [0.717, 1.165) is 11.1 Å². The molecule has 0 bridgehead atoms. The number of nitrogens with one attached hydrogen (secondary N) is 1. The SMILES string of the molecule is O=C(NCc1cccnc1)c1cccn1Cc1noc(-c2ccc(Cl)cc2)n1. The zero-order valence-corrected chi connectivity index (χ0v) is 15.5. The lowest BCUT2D eigenvalue weighted by Crippen LogP contribution is -2.25. The molecule has 0 spiro atoms. The summed E-state index contributed by atoms with van der Waals surface area (Å²) in [6.45, 7) is 0.723. The average Bonchev–Trinajstić information content (AvgIpc) is 3.38. The van der Waals surface area contributed by atoms with Crippen LogP contribution in [0.4, 0.5) is 0 Å². The van der Waals surface area contributed by atoms with Gasteiger partial charge < -0.3 is 14.4 Å². The van der Waals surface area contributed by atoms with E-state index in [1.54, 1.807) is 47.4 Å². The predicted octanol–water partition coefficient (Wildman–Crippen LogP) is 3.56. The van der Waals surface area contributed by atoms with Crippen molar-refractivity contribution in [2.75, 3.05) is 0 Å². The lowest BCUT2D eigenvalue weighted by atomic mass is 10.2. The second-order valence-electron chi connectivity index (χ2n) is 6.09. The van der Waals surface area contributed by atoms with E-state index in [-0.39, 0.29) is 5.91 Å². The van der Waals surface area contributed by atoms with Gasteiger partial charge in [0.1, 0.15) is 5.69 Å². The molecule has 1 aromatic carbocycles. The van der Waals surface area contributed by atoms with Gasteiger partial charge in [0.25, 0.3) is 11.8 Å². The maximum atomic E-state index is 12.5. The monoisotopic (exact) mass is 393 g/mol. The number of aromatic nitrogens is 4. The van der Waals surface area contributed by atoms with Gasteiger partial charge in [-0.15, -0.1) is 0 Å². The van der Waals surface area contributed by atoms with Gasteiger partial charge >= 0.3 is 0 Å². The van der Waals surface area contributed by atoms with Crippen molar-refractivity contribution in [1.82, 2.24) is 25.0 Å². The molecule has 0 saturated carbocycles. The first kappa shape index (κ1) is 17.9. The number of carbonyl (C=O) groups is 1. The molecule has 1 amide bonds. The first-order valence-corrected chi connectivity index (χ1v) is 8.97.